The fourth-order valence-electron chi connectivity index (χ4n) is 0.709. The van der Waals surface area contributed by atoms with Crippen molar-refractivity contribution in [3.63, 3.8) is 0 Å². The average molecular weight is 179 g/mol. The molecule has 12 heavy (non-hydrogen) atoms. The summed E-state index contributed by atoms with van der Waals surface area (Å²) in [6.07, 6.45) is 3.62. The predicted molar refractivity (Wildman–Crippen MR) is 45.2 cm³/mol. The van der Waals surface area contributed by atoms with E-state index >= 15 is 0 Å². The highest BCUT2D eigenvalue weighted by molar-refractivity contribution is 7.03. The number of nitrogens with zero attached hydrogens (tertiary/aromatic N) is 4. The number of nitrogens with one attached hydrogen (secondary N) is 1. The Hall–Kier alpha value is -1.56. The normalized spacial score (nSPS) is 11.0. The lowest BCUT2D eigenvalue weighted by atomic mass is 10.4. The van der Waals surface area contributed by atoms with Gasteiger partial charge in [-0.25, -0.2) is 5.10 Å². The van der Waals surface area contributed by atoms with Gasteiger partial charge < -0.3 is 0 Å². The largest absolute Gasteiger partial charge is 0.239 e. The number of hydrogen-bond donors (Lipinski definition) is 1. The lowest BCUT2D eigenvalue weighted by molar-refractivity contribution is 0.881. The minimum absolute atomic E-state index is 0.628. The Morgan fingerprint density at radius 3 is 3.08 bits per heavy atom. The Morgan fingerprint density at radius 2 is 2.42 bits per heavy atom. The SMILES string of the molecule is C(=C\c1nnn[nH]1)/c1ccsn1. The van der Waals surface area contributed by atoms with Crippen molar-refractivity contribution in [2.45, 2.75) is 0 Å². The molecular formula is C6H5N5S. The molecule has 0 aliphatic rings. The van der Waals surface area contributed by atoms with Crippen LogP contribution in [0.5, 0.6) is 0 Å². The summed E-state index contributed by atoms with van der Waals surface area (Å²) < 4.78 is 4.09. The first-order valence-corrected chi connectivity index (χ1v) is 4.11. The third-order valence-corrected chi connectivity index (χ3v) is 1.81. The van der Waals surface area contributed by atoms with Crippen molar-refractivity contribution in [2.24, 2.45) is 0 Å². The molecule has 2 aromatic heterocycles. The van der Waals surface area contributed by atoms with Gasteiger partial charge in [-0.2, -0.15) is 4.37 Å². The van der Waals surface area contributed by atoms with E-state index in [0.29, 0.717) is 5.82 Å². The zero-order valence-electron chi connectivity index (χ0n) is 6.01. The summed E-state index contributed by atoms with van der Waals surface area (Å²) in [5.41, 5.74) is 0.913. The quantitative estimate of drug-likeness (QED) is 0.741. The molecule has 60 valence electrons. The van der Waals surface area contributed by atoms with Crippen LogP contribution in [0.25, 0.3) is 12.2 Å². The zero-order valence-corrected chi connectivity index (χ0v) is 6.82. The molecule has 0 spiro atoms. The van der Waals surface area contributed by atoms with E-state index in [1.807, 2.05) is 17.5 Å². The lowest BCUT2D eigenvalue weighted by Gasteiger charge is -1.79. The maximum Gasteiger partial charge on any atom is 0.172 e. The minimum atomic E-state index is 0.628. The molecular weight excluding hydrogens is 174 g/mol. The predicted octanol–water partition coefficient (Wildman–Crippen LogP) is 0.827. The Kier molecular flexibility index (Phi) is 1.91. The van der Waals surface area contributed by atoms with Crippen LogP contribution in [0.2, 0.25) is 0 Å². The van der Waals surface area contributed by atoms with E-state index in [9.17, 15) is 0 Å². The molecule has 0 amide bonds. The van der Waals surface area contributed by atoms with Crippen LogP contribution in [0.4, 0.5) is 0 Å². The van der Waals surface area contributed by atoms with Gasteiger partial charge in [0.25, 0.3) is 0 Å². The van der Waals surface area contributed by atoms with E-state index in [-0.39, 0.29) is 0 Å². The Bertz CT molecular complexity index is 313. The first-order valence-electron chi connectivity index (χ1n) is 3.27. The smallest absolute Gasteiger partial charge is 0.172 e. The first-order chi connectivity index (χ1) is 5.95. The molecule has 6 heteroatoms. The van der Waals surface area contributed by atoms with Crippen LogP contribution in [-0.4, -0.2) is 25.0 Å². The van der Waals surface area contributed by atoms with E-state index in [0.717, 1.165) is 5.69 Å². The third-order valence-electron chi connectivity index (χ3n) is 1.23. The molecule has 5 nitrogen and oxygen atoms in total. The summed E-state index contributed by atoms with van der Waals surface area (Å²) in [6.45, 7) is 0. The molecule has 2 heterocycles. The Balaban J connectivity index is 2.14. The van der Waals surface area contributed by atoms with Gasteiger partial charge in [-0.3, -0.25) is 0 Å². The second-order valence-corrected chi connectivity index (χ2v) is 2.71. The van der Waals surface area contributed by atoms with Gasteiger partial charge >= 0.3 is 0 Å². The van der Waals surface area contributed by atoms with E-state index < -0.39 is 0 Å². The van der Waals surface area contributed by atoms with Gasteiger partial charge in [-0.05, 0) is 40.2 Å². The van der Waals surface area contributed by atoms with Crippen molar-refractivity contribution in [3.8, 4) is 0 Å². The van der Waals surface area contributed by atoms with E-state index in [2.05, 4.69) is 25.0 Å². The van der Waals surface area contributed by atoms with Crippen LogP contribution in [0.3, 0.4) is 0 Å². The van der Waals surface area contributed by atoms with Gasteiger partial charge in [0.05, 0.1) is 5.69 Å². The summed E-state index contributed by atoms with van der Waals surface area (Å²) in [6, 6.07) is 1.92. The molecule has 0 atom stereocenters. The first kappa shape index (κ1) is 7.11. The van der Waals surface area contributed by atoms with Gasteiger partial charge in [0, 0.05) is 5.38 Å². The average Bonchev–Trinajstić information content (AvgIpc) is 2.74. The zero-order chi connectivity index (χ0) is 8.23. The fraction of sp³-hybridized carbons (Fsp3) is 0. The maximum atomic E-state index is 4.09. The van der Waals surface area contributed by atoms with Gasteiger partial charge in [0.1, 0.15) is 0 Å². The number of aromatic amines is 1. The van der Waals surface area contributed by atoms with E-state index in [4.69, 9.17) is 0 Å². The molecule has 0 bridgehead atoms. The second-order valence-electron chi connectivity index (χ2n) is 2.04. The third kappa shape index (κ3) is 1.54. The summed E-state index contributed by atoms with van der Waals surface area (Å²) in [5, 5.41) is 15.1. The molecule has 1 N–H and O–H groups in total. The van der Waals surface area contributed by atoms with Crippen molar-refractivity contribution < 1.29 is 0 Å². The van der Waals surface area contributed by atoms with Crippen LogP contribution in [-0.2, 0) is 0 Å². The highest BCUT2D eigenvalue weighted by Gasteiger charge is 1.90. The molecule has 0 saturated carbocycles. The minimum Gasteiger partial charge on any atom is -0.239 e. The van der Waals surface area contributed by atoms with Crippen LogP contribution in [0.1, 0.15) is 11.5 Å². The summed E-state index contributed by atoms with van der Waals surface area (Å²) >= 11 is 1.41. The number of aromatic nitrogens is 5. The standard InChI is InChI=1S/C6H5N5S/c1(5-3-4-12-9-5)2-6-7-10-11-8-6/h1-4H,(H,7,8,10,11)/b2-1+. The fourth-order valence-corrected chi connectivity index (χ4v) is 1.21. The van der Waals surface area contributed by atoms with Gasteiger partial charge in [-0.15, -0.1) is 5.10 Å². The van der Waals surface area contributed by atoms with Crippen molar-refractivity contribution in [1.82, 2.24) is 25.0 Å². The summed E-state index contributed by atoms with van der Waals surface area (Å²) in [4.78, 5) is 0. The molecule has 0 fully saturated rings. The molecule has 0 aromatic carbocycles. The molecule has 0 aliphatic carbocycles. The summed E-state index contributed by atoms with van der Waals surface area (Å²) in [7, 11) is 0. The number of tetrazole rings is 1. The Morgan fingerprint density at radius 1 is 1.42 bits per heavy atom. The second kappa shape index (κ2) is 3.22. The topological polar surface area (TPSA) is 67.3 Å². The van der Waals surface area contributed by atoms with E-state index in [1.165, 1.54) is 11.5 Å². The Labute approximate surface area is 72.3 Å². The van der Waals surface area contributed by atoms with Crippen molar-refractivity contribution in [2.75, 3.05) is 0 Å². The molecule has 0 saturated heterocycles. The van der Waals surface area contributed by atoms with Crippen LogP contribution in [0.15, 0.2) is 11.4 Å². The molecule has 0 unspecified atom stereocenters. The van der Waals surface area contributed by atoms with Gasteiger partial charge in [0.2, 0.25) is 0 Å². The van der Waals surface area contributed by atoms with Crippen LogP contribution >= 0.6 is 11.5 Å². The monoisotopic (exact) mass is 179 g/mol. The number of rotatable bonds is 2. The van der Waals surface area contributed by atoms with Crippen molar-refractivity contribution in [3.05, 3.63) is 23.0 Å². The maximum absolute atomic E-state index is 4.09. The van der Waals surface area contributed by atoms with Gasteiger partial charge in [0.15, 0.2) is 5.82 Å². The highest BCUT2D eigenvalue weighted by atomic mass is 32.1. The number of H-pyrrole nitrogens is 1. The molecule has 0 radical (unpaired) electrons. The van der Waals surface area contributed by atoms with Crippen LogP contribution < -0.4 is 0 Å². The summed E-state index contributed by atoms with van der Waals surface area (Å²) in [5.74, 6) is 0.628. The van der Waals surface area contributed by atoms with E-state index in [1.54, 1.807) is 6.08 Å². The highest BCUT2D eigenvalue weighted by Crippen LogP contribution is 2.03. The lowest BCUT2D eigenvalue weighted by Crippen LogP contribution is -1.74. The van der Waals surface area contributed by atoms with Crippen molar-refractivity contribution in [1.29, 1.82) is 0 Å². The number of hydrogen-bond acceptors (Lipinski definition) is 5. The van der Waals surface area contributed by atoms with Gasteiger partial charge in [-0.1, -0.05) is 0 Å². The molecule has 2 rings (SSSR count). The molecule has 2 aromatic rings. The van der Waals surface area contributed by atoms with Crippen molar-refractivity contribution >= 4 is 23.7 Å². The van der Waals surface area contributed by atoms with Crippen LogP contribution in [0, 0.1) is 0 Å². The molecule has 0 aliphatic heterocycles.